The highest BCUT2D eigenvalue weighted by atomic mass is 32.1. The topological polar surface area (TPSA) is 695 Å². The van der Waals surface area contributed by atoms with Gasteiger partial charge in [-0.3, -0.25) is 67.3 Å². The maximum absolute atomic E-state index is 14.5. The predicted octanol–water partition coefficient (Wildman–Crippen LogP) is -7.76. The Labute approximate surface area is 616 Å². The number of aromatic amines is 1. The number of nitrogens with zero attached hydrogens (tertiary/aromatic N) is 3. The van der Waals surface area contributed by atoms with Crippen LogP contribution in [0, 0.1) is 0 Å². The lowest BCUT2D eigenvalue weighted by Gasteiger charge is -2.27. The summed E-state index contributed by atoms with van der Waals surface area (Å²) in [5.74, 6) is -15.1. The molecule has 2 aromatic heterocycles. The number of carbonyl (C=O) groups is 13. The van der Waals surface area contributed by atoms with Crippen molar-refractivity contribution in [2.24, 2.45) is 0 Å². The molecule has 107 heavy (non-hydrogen) atoms. The van der Waals surface area contributed by atoms with E-state index in [0.29, 0.717) is 11.4 Å². The molecule has 12 unspecified atom stereocenters. The zero-order chi connectivity index (χ0) is 79.7. The third kappa shape index (κ3) is 36.8. The number of nitrogen functional groups attached to an aromatic ring is 1. The Morgan fingerprint density at radius 2 is 0.832 bits per heavy atom. The summed E-state index contributed by atoms with van der Waals surface area (Å²) in [4.78, 5) is 201. The highest BCUT2D eigenvalue weighted by molar-refractivity contribution is 7.80. The van der Waals surface area contributed by atoms with Crippen molar-refractivity contribution >= 4 is 112 Å². The fourth-order valence-corrected chi connectivity index (χ4v) is 10.2. The van der Waals surface area contributed by atoms with Crippen LogP contribution in [0.3, 0.4) is 0 Å². The van der Waals surface area contributed by atoms with E-state index in [0.717, 1.165) is 0 Å². The Hall–Kier alpha value is -9.86. The fourth-order valence-electron chi connectivity index (χ4n) is 10.0. The van der Waals surface area contributed by atoms with Crippen LogP contribution in [0.4, 0.5) is 11.6 Å². The number of carbonyl (C=O) groups excluding carboxylic acids is 10. The van der Waals surface area contributed by atoms with Gasteiger partial charge in [0.1, 0.15) is 36.3 Å². The van der Waals surface area contributed by atoms with Crippen LogP contribution in [0.2, 0.25) is 0 Å². The number of carboxylic acid groups (broad SMARTS) is 3. The maximum Gasteiger partial charge on any atom is 0.326 e. The van der Waals surface area contributed by atoms with E-state index < -0.39 is 252 Å². The molecule has 3 aromatic rings. The quantitative estimate of drug-likeness (QED) is 0.0233. The molecule has 0 aliphatic heterocycles. The summed E-state index contributed by atoms with van der Waals surface area (Å²) in [7, 11) is 0. The van der Waals surface area contributed by atoms with Gasteiger partial charge in [-0.15, -0.1) is 0 Å². The number of rotatable bonds is 54. The largest absolute Gasteiger partial charge is 0.481 e. The molecule has 26 N–H and O–H groups in total. The first-order valence-corrected chi connectivity index (χ1v) is 34.8. The Morgan fingerprint density at radius 1 is 0.449 bits per heavy atom. The van der Waals surface area contributed by atoms with Crippen molar-refractivity contribution in [3.63, 3.8) is 0 Å². The molecular weight excluding hydrogens is 1440 g/mol. The number of benzene rings is 1. The second-order valence-electron chi connectivity index (χ2n) is 24.8. The molecule has 3 rings (SSSR count). The second-order valence-corrected chi connectivity index (χ2v) is 25.2. The third-order valence-corrected chi connectivity index (χ3v) is 16.1. The van der Waals surface area contributed by atoms with E-state index in [1.165, 1.54) is 30.5 Å². The van der Waals surface area contributed by atoms with Gasteiger partial charge in [0.15, 0.2) is 11.2 Å². The molecule has 0 aliphatic rings. The highest BCUT2D eigenvalue weighted by Crippen LogP contribution is 2.15. The number of aromatic nitrogens is 4. The standard InChI is InChI=1S/C64H98N16O26S/c65-64-79-55-54(62(104)80-64)72-35(29-71-55)28-70-34-3-1-33(2-4-34)56(98)78-47(63(105)106)8-14-51(93)73-43(6-12-49(91)67-21-18-37(85)26-40(88)31-82)58(100)76-46(10-16-53(96)97)61(103)75-44(7-13-50(92)68-22-19-38(86)27-41(89)32-83)59(101)77-45(9-15-52(94)95)60(102)74-42(57(99)69-23-24-107)5-11-48(90)66-20-17-36(84)25-39(87)30-81/h1-4,29,36-47,70,81-89,107H,5-28,30-32H2,(H,66,90)(H,67,91)(H,68,92)(H,69,99)(H,73,93)(H,74,102)(H,75,103)(H,76,100)(H,77,101)(H,78,98)(H,94,95)(H,96,97)(H,105,106)(H3,65,71,79,80,104). The smallest absolute Gasteiger partial charge is 0.326 e. The SMILES string of the molecule is Nc1nc2ncc(CNc3ccc(C(=O)NC(CCC(=O)NC(CCC(=O)NCCC(O)CC(O)CO)C(=O)NC(CCC(=O)O)C(=O)NC(CCC(=O)NCCC(O)CC(O)CO)C(=O)NC(CCC(=O)O)C(=O)NC(CCC(=O)NCCC(O)CC(O)CO)C(=O)NCCS)C(=O)O)cc3)nc2c(=O)[nH]1. The number of thiol groups is 1. The van der Waals surface area contributed by atoms with Gasteiger partial charge in [-0.25, -0.2) is 14.8 Å². The molecule has 2 heterocycles. The Balaban J connectivity index is 1.95. The normalized spacial score (nSPS) is 14.6. The first kappa shape index (κ1) is 91.3. The van der Waals surface area contributed by atoms with Gasteiger partial charge in [-0.1, -0.05) is 0 Å². The summed E-state index contributed by atoms with van der Waals surface area (Å²) >= 11 is 4.06. The summed E-state index contributed by atoms with van der Waals surface area (Å²) in [5.41, 5.74) is 5.63. The number of hydrogen-bond donors (Lipinski definition) is 26. The molecule has 42 nitrogen and oxygen atoms in total. The lowest BCUT2D eigenvalue weighted by molar-refractivity contribution is -0.140. The molecule has 0 spiro atoms. The van der Waals surface area contributed by atoms with Crippen molar-refractivity contribution in [3.8, 4) is 0 Å². The van der Waals surface area contributed by atoms with Gasteiger partial charge in [0, 0.05) is 101 Å². The molecule has 0 aliphatic carbocycles. The van der Waals surface area contributed by atoms with Gasteiger partial charge in [-0.05, 0) is 82.1 Å². The van der Waals surface area contributed by atoms with Crippen molar-refractivity contribution in [2.75, 3.05) is 62.8 Å². The zero-order valence-electron chi connectivity index (χ0n) is 58.4. The molecule has 0 bridgehead atoms. The number of fused-ring (bicyclic) bond motifs is 1. The number of hydrogen-bond acceptors (Lipinski definition) is 29. The minimum Gasteiger partial charge on any atom is -0.481 e. The lowest BCUT2D eigenvalue weighted by atomic mass is 10.0. The van der Waals surface area contributed by atoms with Gasteiger partial charge in [0.05, 0.1) is 74.9 Å². The van der Waals surface area contributed by atoms with Gasteiger partial charge < -0.3 is 125 Å². The number of carboxylic acids is 3. The Kier molecular flexibility index (Phi) is 41.9. The van der Waals surface area contributed by atoms with Crippen molar-refractivity contribution in [2.45, 2.75) is 195 Å². The molecular formula is C64H98N16O26S. The monoisotopic (exact) mass is 1540 g/mol. The highest BCUT2D eigenvalue weighted by Gasteiger charge is 2.35. The van der Waals surface area contributed by atoms with Gasteiger partial charge in [0.25, 0.3) is 11.5 Å². The number of aliphatic hydroxyl groups excluding tert-OH is 9. The van der Waals surface area contributed by atoms with Crippen LogP contribution >= 0.6 is 12.6 Å². The zero-order valence-corrected chi connectivity index (χ0v) is 59.2. The summed E-state index contributed by atoms with van der Waals surface area (Å²) in [6.45, 7) is -2.55. The molecule has 43 heteroatoms. The molecule has 0 fully saturated rings. The summed E-state index contributed by atoms with van der Waals surface area (Å²) in [6, 6.07) is -5.46. The third-order valence-electron chi connectivity index (χ3n) is 15.9. The van der Waals surface area contributed by atoms with Crippen LogP contribution in [-0.4, -0.2) is 283 Å². The van der Waals surface area contributed by atoms with Gasteiger partial charge >= 0.3 is 17.9 Å². The Bertz CT molecular complexity index is 3490. The van der Waals surface area contributed by atoms with Gasteiger partial charge in [0.2, 0.25) is 59.1 Å². The van der Waals surface area contributed by atoms with E-state index in [-0.39, 0.29) is 99.7 Å². The number of amides is 10. The van der Waals surface area contributed by atoms with E-state index in [4.69, 9.17) is 15.9 Å². The number of aliphatic hydroxyl groups is 9. The number of nitrogens with one attached hydrogen (secondary N) is 12. The molecule has 12 atom stereocenters. The Morgan fingerprint density at radius 3 is 1.22 bits per heavy atom. The van der Waals surface area contributed by atoms with Crippen molar-refractivity contribution in [1.82, 2.24) is 73.1 Å². The van der Waals surface area contributed by atoms with Crippen LogP contribution in [0.5, 0.6) is 0 Å². The van der Waals surface area contributed by atoms with Crippen LogP contribution in [-0.2, 0) is 64.1 Å². The van der Waals surface area contributed by atoms with Crippen molar-refractivity contribution in [1.29, 1.82) is 0 Å². The average molecular weight is 1540 g/mol. The van der Waals surface area contributed by atoms with Crippen molar-refractivity contribution < 1.29 is 124 Å². The van der Waals surface area contributed by atoms with Crippen LogP contribution in [0.15, 0.2) is 35.3 Å². The van der Waals surface area contributed by atoms with Crippen molar-refractivity contribution in [3.05, 3.63) is 52.1 Å². The van der Waals surface area contributed by atoms with E-state index in [9.17, 15) is 118 Å². The molecule has 596 valence electrons. The van der Waals surface area contributed by atoms with Crippen LogP contribution in [0.1, 0.15) is 132 Å². The summed E-state index contributed by atoms with van der Waals surface area (Å²) < 4.78 is 0. The number of anilines is 2. The second kappa shape index (κ2) is 49.1. The molecule has 0 radical (unpaired) electrons. The lowest BCUT2D eigenvalue weighted by Crippen LogP contribution is -2.59. The first-order valence-electron chi connectivity index (χ1n) is 34.2. The molecule has 1 aromatic carbocycles. The molecule has 0 saturated carbocycles. The van der Waals surface area contributed by atoms with Gasteiger partial charge in [-0.2, -0.15) is 17.6 Å². The number of aliphatic carboxylic acids is 3. The predicted molar refractivity (Wildman–Crippen MR) is 376 cm³/mol. The first-order chi connectivity index (χ1) is 50.7. The fraction of sp³-hybridized carbons (Fsp3) is 0.609. The maximum atomic E-state index is 14.5. The summed E-state index contributed by atoms with van der Waals surface area (Å²) in [5, 5.41) is 144. The molecule has 10 amide bonds. The van der Waals surface area contributed by atoms with E-state index in [2.05, 4.69) is 91.0 Å². The number of nitrogens with two attached hydrogens (primary N) is 1. The minimum atomic E-state index is -2.01. The molecule has 0 saturated heterocycles. The van der Waals surface area contributed by atoms with E-state index >= 15 is 0 Å². The van der Waals surface area contributed by atoms with Crippen LogP contribution < -0.4 is 69.8 Å². The van der Waals surface area contributed by atoms with E-state index in [1.807, 2.05) is 0 Å². The minimum absolute atomic E-state index is 0.0163. The van der Waals surface area contributed by atoms with E-state index in [1.54, 1.807) is 0 Å². The van der Waals surface area contributed by atoms with Crippen LogP contribution in [0.25, 0.3) is 11.2 Å². The number of H-pyrrole nitrogens is 1. The summed E-state index contributed by atoms with van der Waals surface area (Å²) in [6.07, 6.45) is -15.2. The average Bonchev–Trinajstić information content (AvgIpc) is 0.812.